The Hall–Kier alpha value is -1.97. The molecule has 2 aliphatic carbocycles. The number of carbonyl (C=O) groups is 1. The molecule has 0 radical (unpaired) electrons. The summed E-state index contributed by atoms with van der Waals surface area (Å²) >= 11 is 0. The summed E-state index contributed by atoms with van der Waals surface area (Å²) in [6, 6.07) is 3.93. The summed E-state index contributed by atoms with van der Waals surface area (Å²) in [7, 11) is 5.66. The summed E-state index contributed by atoms with van der Waals surface area (Å²) in [6.45, 7) is 0. The van der Waals surface area contributed by atoms with Crippen LogP contribution in [0, 0.1) is 0 Å². The number of nitrogens with zero attached hydrogens (tertiary/aromatic N) is 1. The topological polar surface area (TPSA) is 41.6 Å². The summed E-state index contributed by atoms with van der Waals surface area (Å²) in [5.74, 6) is 1.54. The maximum absolute atomic E-state index is 11.4. The van der Waals surface area contributed by atoms with Crippen molar-refractivity contribution >= 4 is 11.8 Å². The quantitative estimate of drug-likeness (QED) is 0.829. The van der Waals surface area contributed by atoms with Gasteiger partial charge in [-0.3, -0.25) is 0 Å². The molecular formula is C15H18N2O2. The van der Waals surface area contributed by atoms with Gasteiger partial charge in [0, 0.05) is 44.2 Å². The van der Waals surface area contributed by atoms with Crippen LogP contribution in [0.4, 0.5) is 10.5 Å². The Morgan fingerprint density at radius 1 is 1.26 bits per heavy atom. The third-order valence-corrected chi connectivity index (χ3v) is 3.94. The molecule has 0 saturated heterocycles. The lowest BCUT2D eigenvalue weighted by molar-refractivity contribution is 0.202. The minimum Gasteiger partial charge on any atom is -0.410 e. The van der Waals surface area contributed by atoms with E-state index in [4.69, 9.17) is 4.74 Å². The van der Waals surface area contributed by atoms with Gasteiger partial charge in [-0.05, 0) is 24.1 Å². The van der Waals surface area contributed by atoms with Crippen LogP contribution in [0.5, 0.6) is 5.75 Å². The molecule has 2 unspecified atom stereocenters. The highest BCUT2D eigenvalue weighted by Crippen LogP contribution is 2.54. The van der Waals surface area contributed by atoms with Crippen molar-refractivity contribution in [1.82, 2.24) is 5.32 Å². The average Bonchev–Trinajstić information content (AvgIpc) is 3.00. The Balaban J connectivity index is 2.09. The summed E-state index contributed by atoms with van der Waals surface area (Å²) in [4.78, 5) is 13.6. The smallest absolute Gasteiger partial charge is 0.410 e. The van der Waals surface area contributed by atoms with Crippen molar-refractivity contribution in [2.24, 2.45) is 0 Å². The maximum Gasteiger partial charge on any atom is 0.412 e. The predicted molar refractivity (Wildman–Crippen MR) is 75.1 cm³/mol. The second-order valence-electron chi connectivity index (χ2n) is 5.28. The minimum atomic E-state index is -0.411. The molecule has 2 atom stereocenters. The maximum atomic E-state index is 11.4. The molecule has 4 nitrogen and oxygen atoms in total. The normalized spacial score (nSPS) is 22.3. The molecule has 1 amide bonds. The Kier molecular flexibility index (Phi) is 2.73. The number of anilines is 1. The first-order valence-electron chi connectivity index (χ1n) is 6.53. The molecule has 4 heteroatoms. The third-order valence-electron chi connectivity index (χ3n) is 3.94. The van der Waals surface area contributed by atoms with Gasteiger partial charge in [0.2, 0.25) is 0 Å². The van der Waals surface area contributed by atoms with Crippen LogP contribution in [0.15, 0.2) is 24.3 Å². The van der Waals surface area contributed by atoms with E-state index in [1.807, 2.05) is 26.2 Å². The standard InChI is InChI=1S/C15H18N2O2/c1-16-15(18)19-12-7-6-11(17(2)3)13-9-4-5-10(8-9)14(12)13/h4-7,9-10H,8H2,1-3H3,(H,16,18). The van der Waals surface area contributed by atoms with E-state index in [1.54, 1.807) is 7.05 Å². The Labute approximate surface area is 113 Å². The molecule has 0 fully saturated rings. The van der Waals surface area contributed by atoms with Crippen LogP contribution < -0.4 is 15.0 Å². The third kappa shape index (κ3) is 1.79. The highest BCUT2D eigenvalue weighted by molar-refractivity contribution is 5.74. The Morgan fingerprint density at radius 2 is 1.95 bits per heavy atom. The summed E-state index contributed by atoms with van der Waals surface area (Å²) < 4.78 is 5.39. The molecule has 3 rings (SSSR count). The molecule has 0 saturated carbocycles. The molecule has 0 spiro atoms. The van der Waals surface area contributed by atoms with Gasteiger partial charge in [-0.2, -0.15) is 0 Å². The fourth-order valence-corrected chi connectivity index (χ4v) is 3.13. The van der Waals surface area contributed by atoms with Crippen molar-refractivity contribution in [3.63, 3.8) is 0 Å². The van der Waals surface area contributed by atoms with Crippen LogP contribution in [0.2, 0.25) is 0 Å². The number of ether oxygens (including phenoxy) is 1. The zero-order chi connectivity index (χ0) is 13.6. The molecule has 0 aromatic heterocycles. The van der Waals surface area contributed by atoms with Gasteiger partial charge in [0.25, 0.3) is 0 Å². The SMILES string of the molecule is CNC(=O)Oc1ccc(N(C)C)c2c1C1C=CC2C1. The van der Waals surface area contributed by atoms with Gasteiger partial charge in [0.05, 0.1) is 0 Å². The van der Waals surface area contributed by atoms with Gasteiger partial charge in [0.1, 0.15) is 5.75 Å². The monoisotopic (exact) mass is 258 g/mol. The van der Waals surface area contributed by atoms with E-state index in [-0.39, 0.29) is 0 Å². The molecule has 2 bridgehead atoms. The van der Waals surface area contributed by atoms with Crippen LogP contribution in [-0.2, 0) is 0 Å². The van der Waals surface area contributed by atoms with Crippen LogP contribution in [0.25, 0.3) is 0 Å². The van der Waals surface area contributed by atoms with E-state index in [0.29, 0.717) is 17.6 Å². The fraction of sp³-hybridized carbons (Fsp3) is 0.400. The molecule has 0 aliphatic heterocycles. The van der Waals surface area contributed by atoms with Crippen molar-refractivity contribution in [3.8, 4) is 5.75 Å². The van der Waals surface area contributed by atoms with Crippen LogP contribution in [-0.4, -0.2) is 27.2 Å². The first-order chi connectivity index (χ1) is 9.11. The average molecular weight is 258 g/mol. The van der Waals surface area contributed by atoms with Crippen LogP contribution in [0.1, 0.15) is 29.4 Å². The lowest BCUT2D eigenvalue weighted by Gasteiger charge is -2.23. The summed E-state index contributed by atoms with van der Waals surface area (Å²) in [5, 5.41) is 2.50. The predicted octanol–water partition coefficient (Wildman–Crippen LogP) is 2.61. The van der Waals surface area contributed by atoms with Gasteiger partial charge in [-0.25, -0.2) is 4.79 Å². The number of benzene rings is 1. The molecule has 19 heavy (non-hydrogen) atoms. The molecule has 1 N–H and O–H groups in total. The van der Waals surface area contributed by atoms with Gasteiger partial charge >= 0.3 is 6.09 Å². The second-order valence-corrected chi connectivity index (χ2v) is 5.28. The Morgan fingerprint density at radius 3 is 2.58 bits per heavy atom. The van der Waals surface area contributed by atoms with Gasteiger partial charge in [-0.15, -0.1) is 0 Å². The molecule has 1 aromatic carbocycles. The van der Waals surface area contributed by atoms with Crippen molar-refractivity contribution in [2.75, 3.05) is 26.0 Å². The molecule has 100 valence electrons. The van der Waals surface area contributed by atoms with Crippen molar-refractivity contribution in [2.45, 2.75) is 18.3 Å². The Bertz CT molecular complexity index is 564. The first kappa shape index (κ1) is 12.1. The van der Waals surface area contributed by atoms with Gasteiger partial charge in [0.15, 0.2) is 0 Å². The van der Waals surface area contributed by atoms with E-state index < -0.39 is 6.09 Å². The van der Waals surface area contributed by atoms with Gasteiger partial charge < -0.3 is 15.0 Å². The van der Waals surface area contributed by atoms with Crippen LogP contribution in [0.3, 0.4) is 0 Å². The summed E-state index contributed by atoms with van der Waals surface area (Å²) in [5.41, 5.74) is 3.72. The van der Waals surface area contributed by atoms with Crippen molar-refractivity contribution in [3.05, 3.63) is 35.4 Å². The van der Waals surface area contributed by atoms with E-state index in [9.17, 15) is 4.79 Å². The van der Waals surface area contributed by atoms with Crippen molar-refractivity contribution in [1.29, 1.82) is 0 Å². The lowest BCUT2D eigenvalue weighted by Crippen LogP contribution is -2.23. The number of allylic oxidation sites excluding steroid dienone is 2. The number of rotatable bonds is 2. The number of nitrogens with one attached hydrogen (secondary N) is 1. The number of hydrogen-bond acceptors (Lipinski definition) is 3. The number of fused-ring (bicyclic) bond motifs is 5. The van der Waals surface area contributed by atoms with E-state index >= 15 is 0 Å². The summed E-state index contributed by atoms with van der Waals surface area (Å²) in [6.07, 6.45) is 5.18. The van der Waals surface area contributed by atoms with Crippen LogP contribution >= 0.6 is 0 Å². The molecule has 1 aromatic rings. The van der Waals surface area contributed by atoms with Crippen molar-refractivity contribution < 1.29 is 9.53 Å². The van der Waals surface area contributed by atoms with E-state index in [0.717, 1.165) is 6.42 Å². The molecule has 2 aliphatic rings. The minimum absolute atomic E-state index is 0.388. The first-order valence-corrected chi connectivity index (χ1v) is 6.53. The molecule has 0 heterocycles. The van der Waals surface area contributed by atoms with E-state index in [2.05, 4.69) is 22.4 Å². The lowest BCUT2D eigenvalue weighted by atomic mass is 9.94. The zero-order valence-electron chi connectivity index (χ0n) is 11.4. The number of hydrogen-bond donors (Lipinski definition) is 1. The largest absolute Gasteiger partial charge is 0.412 e. The number of carbonyl (C=O) groups excluding carboxylic acids is 1. The molecular weight excluding hydrogens is 240 g/mol. The van der Waals surface area contributed by atoms with Gasteiger partial charge in [-0.1, -0.05) is 12.2 Å². The zero-order valence-corrected chi connectivity index (χ0v) is 11.4. The fourth-order valence-electron chi connectivity index (χ4n) is 3.13. The van der Waals surface area contributed by atoms with E-state index in [1.165, 1.54) is 16.8 Å². The highest BCUT2D eigenvalue weighted by Gasteiger charge is 2.37. The number of amides is 1. The second kappa shape index (κ2) is 4.30. The highest BCUT2D eigenvalue weighted by atomic mass is 16.6.